The zero-order valence-corrected chi connectivity index (χ0v) is 14.0. The lowest BCUT2D eigenvalue weighted by molar-refractivity contribution is 0.391. The standard InChI is InChI=1S/C19H15N3OS/c1-13-6-8-15(9-7-13)19-21-17(23-22-19)12-24-18-11-10-14-4-2-3-5-16(14)20-18/h2-11H,12H2,1H3. The number of para-hydroxylation sites is 1. The summed E-state index contributed by atoms with van der Waals surface area (Å²) < 4.78 is 5.35. The number of aryl methyl sites for hydroxylation is 1. The number of aromatic nitrogens is 3. The zero-order chi connectivity index (χ0) is 16.4. The van der Waals surface area contributed by atoms with Gasteiger partial charge in [0.25, 0.3) is 0 Å². The number of hydrogen-bond donors (Lipinski definition) is 0. The molecule has 4 rings (SSSR count). The molecule has 0 amide bonds. The van der Waals surface area contributed by atoms with Crippen molar-refractivity contribution in [1.29, 1.82) is 0 Å². The number of fused-ring (bicyclic) bond motifs is 1. The minimum atomic E-state index is 0.601. The molecule has 24 heavy (non-hydrogen) atoms. The van der Waals surface area contributed by atoms with Crippen LogP contribution in [0.5, 0.6) is 0 Å². The van der Waals surface area contributed by atoms with Crippen LogP contribution in [0.4, 0.5) is 0 Å². The van der Waals surface area contributed by atoms with E-state index in [-0.39, 0.29) is 0 Å². The molecule has 0 aliphatic heterocycles. The fourth-order valence-electron chi connectivity index (χ4n) is 2.40. The van der Waals surface area contributed by atoms with Crippen LogP contribution in [0, 0.1) is 6.92 Å². The Morgan fingerprint density at radius 3 is 2.62 bits per heavy atom. The molecule has 0 spiro atoms. The van der Waals surface area contributed by atoms with Crippen molar-refractivity contribution in [3.8, 4) is 11.4 Å². The van der Waals surface area contributed by atoms with Gasteiger partial charge in [-0.1, -0.05) is 71.0 Å². The topological polar surface area (TPSA) is 51.8 Å². The van der Waals surface area contributed by atoms with Crippen molar-refractivity contribution < 1.29 is 4.52 Å². The lowest BCUT2D eigenvalue weighted by Gasteiger charge is -2.00. The van der Waals surface area contributed by atoms with Gasteiger partial charge in [-0.25, -0.2) is 4.98 Å². The predicted octanol–water partition coefficient (Wildman–Crippen LogP) is 4.89. The monoisotopic (exact) mass is 333 g/mol. The molecule has 4 aromatic rings. The van der Waals surface area contributed by atoms with Crippen molar-refractivity contribution >= 4 is 22.7 Å². The number of thioether (sulfide) groups is 1. The van der Waals surface area contributed by atoms with Gasteiger partial charge in [0, 0.05) is 10.9 Å². The molecule has 0 aliphatic rings. The van der Waals surface area contributed by atoms with Crippen LogP contribution in [0.3, 0.4) is 0 Å². The van der Waals surface area contributed by atoms with Gasteiger partial charge in [0.2, 0.25) is 11.7 Å². The van der Waals surface area contributed by atoms with E-state index in [4.69, 9.17) is 4.52 Å². The molecule has 5 heteroatoms. The van der Waals surface area contributed by atoms with Gasteiger partial charge in [-0.15, -0.1) is 0 Å². The van der Waals surface area contributed by atoms with Crippen molar-refractivity contribution in [3.05, 3.63) is 72.1 Å². The van der Waals surface area contributed by atoms with E-state index in [0.29, 0.717) is 17.5 Å². The molecule has 0 bridgehead atoms. The summed E-state index contributed by atoms with van der Waals surface area (Å²) >= 11 is 1.59. The van der Waals surface area contributed by atoms with Crippen LogP contribution >= 0.6 is 11.8 Å². The highest BCUT2D eigenvalue weighted by atomic mass is 32.2. The van der Waals surface area contributed by atoms with Crippen LogP contribution in [0.15, 0.2) is 70.2 Å². The molecule has 2 aromatic carbocycles. The first-order valence-electron chi connectivity index (χ1n) is 7.66. The molecule has 118 valence electrons. The normalized spacial score (nSPS) is 11.0. The number of nitrogens with zero attached hydrogens (tertiary/aromatic N) is 3. The van der Waals surface area contributed by atoms with E-state index in [1.54, 1.807) is 11.8 Å². The highest BCUT2D eigenvalue weighted by Gasteiger charge is 2.09. The highest BCUT2D eigenvalue weighted by Crippen LogP contribution is 2.24. The van der Waals surface area contributed by atoms with E-state index < -0.39 is 0 Å². The maximum absolute atomic E-state index is 5.35. The minimum Gasteiger partial charge on any atom is -0.338 e. The summed E-state index contributed by atoms with van der Waals surface area (Å²) in [6.45, 7) is 2.05. The molecular weight excluding hydrogens is 318 g/mol. The SMILES string of the molecule is Cc1ccc(-c2noc(CSc3ccc4ccccc4n3)n2)cc1. The van der Waals surface area contributed by atoms with Gasteiger partial charge in [0.05, 0.1) is 16.3 Å². The van der Waals surface area contributed by atoms with Crippen LogP contribution in [0.2, 0.25) is 0 Å². The Labute approximate surface area is 143 Å². The van der Waals surface area contributed by atoms with Gasteiger partial charge < -0.3 is 4.52 Å². The number of benzene rings is 2. The Balaban J connectivity index is 1.48. The van der Waals surface area contributed by atoms with Gasteiger partial charge >= 0.3 is 0 Å². The predicted molar refractivity (Wildman–Crippen MR) is 95.8 cm³/mol. The van der Waals surface area contributed by atoms with Crippen molar-refractivity contribution in [1.82, 2.24) is 15.1 Å². The molecule has 2 aromatic heterocycles. The van der Waals surface area contributed by atoms with Gasteiger partial charge in [-0.05, 0) is 19.1 Å². The second-order valence-electron chi connectivity index (χ2n) is 5.51. The first-order chi connectivity index (χ1) is 11.8. The summed E-state index contributed by atoms with van der Waals surface area (Å²) in [5.41, 5.74) is 3.17. The quantitative estimate of drug-likeness (QED) is 0.498. The van der Waals surface area contributed by atoms with Crippen molar-refractivity contribution in [2.45, 2.75) is 17.7 Å². The molecule has 0 unspecified atom stereocenters. The largest absolute Gasteiger partial charge is 0.338 e. The van der Waals surface area contributed by atoms with E-state index in [2.05, 4.69) is 34.2 Å². The molecule has 2 heterocycles. The molecule has 0 N–H and O–H groups in total. The molecule has 0 radical (unpaired) electrons. The van der Waals surface area contributed by atoms with E-state index in [9.17, 15) is 0 Å². The molecule has 0 atom stereocenters. The van der Waals surface area contributed by atoms with Gasteiger partial charge in [-0.2, -0.15) is 4.98 Å². The fourth-order valence-corrected chi connectivity index (χ4v) is 3.11. The summed E-state index contributed by atoms with van der Waals surface area (Å²) in [5.74, 6) is 1.83. The smallest absolute Gasteiger partial charge is 0.237 e. The van der Waals surface area contributed by atoms with E-state index >= 15 is 0 Å². The Morgan fingerprint density at radius 1 is 0.917 bits per heavy atom. The van der Waals surface area contributed by atoms with Gasteiger partial charge in [-0.3, -0.25) is 0 Å². The Hall–Kier alpha value is -2.66. The second kappa shape index (κ2) is 6.45. The first kappa shape index (κ1) is 14.9. The van der Waals surface area contributed by atoms with Crippen LogP contribution in [0.25, 0.3) is 22.3 Å². The lowest BCUT2D eigenvalue weighted by atomic mass is 10.1. The minimum absolute atomic E-state index is 0.601. The molecule has 0 saturated heterocycles. The van der Waals surface area contributed by atoms with Crippen LogP contribution in [0.1, 0.15) is 11.5 Å². The Kier molecular flexibility index (Phi) is 4.01. The van der Waals surface area contributed by atoms with Crippen molar-refractivity contribution in [2.75, 3.05) is 0 Å². The third-order valence-electron chi connectivity index (χ3n) is 3.69. The number of pyridine rings is 1. The van der Waals surface area contributed by atoms with Crippen LogP contribution < -0.4 is 0 Å². The second-order valence-corrected chi connectivity index (χ2v) is 6.50. The fraction of sp³-hybridized carbons (Fsp3) is 0.105. The molecular formula is C19H15N3OS. The number of rotatable bonds is 4. The Bertz CT molecular complexity index is 979. The maximum Gasteiger partial charge on any atom is 0.237 e. The van der Waals surface area contributed by atoms with E-state index in [0.717, 1.165) is 21.5 Å². The van der Waals surface area contributed by atoms with Gasteiger partial charge in [0.15, 0.2) is 0 Å². The number of hydrogen-bond acceptors (Lipinski definition) is 5. The summed E-state index contributed by atoms with van der Waals surface area (Å²) in [5, 5.41) is 6.15. The average molecular weight is 333 g/mol. The third kappa shape index (κ3) is 3.16. The Morgan fingerprint density at radius 2 is 1.75 bits per heavy atom. The average Bonchev–Trinajstić information content (AvgIpc) is 3.09. The molecule has 0 fully saturated rings. The molecule has 4 nitrogen and oxygen atoms in total. The zero-order valence-electron chi connectivity index (χ0n) is 13.1. The summed E-state index contributed by atoms with van der Waals surface area (Å²) in [6, 6.07) is 20.3. The summed E-state index contributed by atoms with van der Waals surface area (Å²) in [6.07, 6.45) is 0. The van der Waals surface area contributed by atoms with Crippen molar-refractivity contribution in [3.63, 3.8) is 0 Å². The van der Waals surface area contributed by atoms with Gasteiger partial charge in [0.1, 0.15) is 0 Å². The highest BCUT2D eigenvalue weighted by molar-refractivity contribution is 7.98. The summed E-state index contributed by atoms with van der Waals surface area (Å²) in [7, 11) is 0. The van der Waals surface area contributed by atoms with Crippen molar-refractivity contribution in [2.24, 2.45) is 0 Å². The molecule has 0 saturated carbocycles. The first-order valence-corrected chi connectivity index (χ1v) is 8.65. The molecule has 0 aliphatic carbocycles. The summed E-state index contributed by atoms with van der Waals surface area (Å²) in [4.78, 5) is 9.10. The van der Waals surface area contributed by atoms with Crippen LogP contribution in [-0.4, -0.2) is 15.1 Å². The van der Waals surface area contributed by atoms with Crippen LogP contribution in [-0.2, 0) is 5.75 Å². The lowest BCUT2D eigenvalue weighted by Crippen LogP contribution is -1.85. The third-order valence-corrected chi connectivity index (χ3v) is 4.61. The maximum atomic E-state index is 5.35. The van der Waals surface area contributed by atoms with E-state index in [1.165, 1.54) is 5.56 Å². The van der Waals surface area contributed by atoms with E-state index in [1.807, 2.05) is 48.5 Å².